The van der Waals surface area contributed by atoms with E-state index in [9.17, 15) is 18.1 Å². The van der Waals surface area contributed by atoms with E-state index in [1.165, 1.54) is 12.1 Å². The van der Waals surface area contributed by atoms with Gasteiger partial charge in [0.15, 0.2) is 0 Å². The van der Waals surface area contributed by atoms with Crippen LogP contribution in [-0.2, 0) is 10.1 Å². The summed E-state index contributed by atoms with van der Waals surface area (Å²) in [5, 5.41) is 10.5. The Morgan fingerprint density at radius 3 is 2.17 bits per heavy atom. The van der Waals surface area contributed by atoms with E-state index in [4.69, 9.17) is 0 Å². The fourth-order valence-corrected chi connectivity index (χ4v) is 1.14. The maximum Gasteiger partial charge on any atom is 1.00 e. The van der Waals surface area contributed by atoms with Crippen molar-refractivity contribution in [2.75, 3.05) is 0 Å². The van der Waals surface area contributed by atoms with Crippen LogP contribution in [0.5, 0.6) is 5.75 Å². The van der Waals surface area contributed by atoms with Gasteiger partial charge in [0.2, 0.25) is 0 Å². The summed E-state index contributed by atoms with van der Waals surface area (Å²) in [5.74, 6) is -0.484. The van der Waals surface area contributed by atoms with E-state index in [1.807, 2.05) is 0 Å². The van der Waals surface area contributed by atoms with E-state index in [-0.39, 0.29) is 29.6 Å². The van der Waals surface area contributed by atoms with Gasteiger partial charge in [-0.2, -0.15) is 0 Å². The fourth-order valence-electron chi connectivity index (χ4n) is 0.630. The number of hydrogen-bond donors (Lipinski definition) is 0. The fraction of sp³-hybridized carbons (Fsp3) is 0. The van der Waals surface area contributed by atoms with Crippen LogP contribution in [0.4, 0.5) is 0 Å². The third-order valence-electron chi connectivity index (χ3n) is 1.09. The van der Waals surface area contributed by atoms with Crippen LogP contribution < -0.4 is 34.7 Å². The standard InChI is InChI=1S/C6H6O4S.Na/c7-5-2-1-3-6(4-5)11(8,9)10;/h1-4,7H,(H,8,9,10);/q;+1/p-2. The van der Waals surface area contributed by atoms with Crippen LogP contribution >= 0.6 is 0 Å². The van der Waals surface area contributed by atoms with Crippen LogP contribution in [0.3, 0.4) is 0 Å². The zero-order valence-corrected chi connectivity index (χ0v) is 9.17. The molecule has 0 radical (unpaired) electrons. The molecule has 1 aromatic carbocycles. The minimum absolute atomic E-state index is 0. The van der Waals surface area contributed by atoms with Crippen LogP contribution in [0.25, 0.3) is 0 Å². The van der Waals surface area contributed by atoms with Crippen molar-refractivity contribution in [2.24, 2.45) is 0 Å². The molecule has 0 N–H and O–H groups in total. The molecule has 4 nitrogen and oxygen atoms in total. The summed E-state index contributed by atoms with van der Waals surface area (Å²) in [6.45, 7) is 0. The minimum Gasteiger partial charge on any atom is -0.872 e. The minimum atomic E-state index is -4.48. The molecule has 0 aliphatic rings. The van der Waals surface area contributed by atoms with Gasteiger partial charge in [0, 0.05) is 0 Å². The van der Waals surface area contributed by atoms with Crippen molar-refractivity contribution < 1.29 is 47.6 Å². The molecule has 0 spiro atoms. The van der Waals surface area contributed by atoms with E-state index in [2.05, 4.69) is 0 Å². The van der Waals surface area contributed by atoms with Gasteiger partial charge in [-0.1, -0.05) is 18.2 Å². The zero-order valence-electron chi connectivity index (χ0n) is 6.35. The molecule has 0 bridgehead atoms. The van der Waals surface area contributed by atoms with Gasteiger partial charge in [0.05, 0.1) is 4.90 Å². The topological polar surface area (TPSA) is 80.3 Å². The average molecular weight is 195 g/mol. The molecule has 0 heterocycles. The Morgan fingerprint density at radius 2 is 1.83 bits per heavy atom. The molecular weight excluding hydrogens is 191 g/mol. The summed E-state index contributed by atoms with van der Waals surface area (Å²) < 4.78 is 30.9. The predicted molar refractivity (Wildman–Crippen MR) is 33.9 cm³/mol. The van der Waals surface area contributed by atoms with Gasteiger partial charge in [-0.25, -0.2) is 8.42 Å². The SMILES string of the molecule is O=S(=O)([O-])c1cccc([O-])c1.[Na+]. The largest absolute Gasteiger partial charge is 1.00 e. The summed E-state index contributed by atoms with van der Waals surface area (Å²) in [7, 11) is -4.48. The number of hydrogen-bond acceptors (Lipinski definition) is 4. The van der Waals surface area contributed by atoms with Crippen LogP contribution in [0.15, 0.2) is 29.2 Å². The second-order valence-electron chi connectivity index (χ2n) is 1.93. The van der Waals surface area contributed by atoms with Gasteiger partial charge in [0.25, 0.3) is 0 Å². The Balaban J connectivity index is 0.00000121. The molecular formula is C6H4NaO4S-. The molecule has 60 valence electrons. The maximum absolute atomic E-state index is 10.5. The van der Waals surface area contributed by atoms with Crippen molar-refractivity contribution in [3.05, 3.63) is 24.3 Å². The van der Waals surface area contributed by atoms with Crippen LogP contribution in [0.1, 0.15) is 0 Å². The summed E-state index contributed by atoms with van der Waals surface area (Å²) in [5.41, 5.74) is 0. The van der Waals surface area contributed by atoms with Crippen molar-refractivity contribution in [1.82, 2.24) is 0 Å². The second kappa shape index (κ2) is 4.25. The van der Waals surface area contributed by atoms with Gasteiger partial charge in [0.1, 0.15) is 10.1 Å². The van der Waals surface area contributed by atoms with Gasteiger partial charge < -0.3 is 9.66 Å². The Kier molecular flexibility index (Phi) is 4.22. The molecule has 0 unspecified atom stereocenters. The van der Waals surface area contributed by atoms with Crippen molar-refractivity contribution >= 4 is 10.1 Å². The molecule has 0 aliphatic carbocycles. The first-order valence-electron chi connectivity index (χ1n) is 2.73. The summed E-state index contributed by atoms with van der Waals surface area (Å²) in [6, 6.07) is 4.29. The maximum atomic E-state index is 10.5. The molecule has 1 aromatic rings. The first-order chi connectivity index (χ1) is 5.00. The summed E-state index contributed by atoms with van der Waals surface area (Å²) >= 11 is 0. The molecule has 0 fully saturated rings. The Morgan fingerprint density at radius 1 is 1.25 bits per heavy atom. The van der Waals surface area contributed by atoms with Gasteiger partial charge >= 0.3 is 29.6 Å². The molecule has 0 amide bonds. The van der Waals surface area contributed by atoms with Crippen LogP contribution in [-0.4, -0.2) is 13.0 Å². The first kappa shape index (κ1) is 11.9. The van der Waals surface area contributed by atoms with Gasteiger partial charge in [-0.3, -0.25) is 0 Å². The molecule has 0 aromatic heterocycles. The van der Waals surface area contributed by atoms with E-state index in [0.717, 1.165) is 12.1 Å². The van der Waals surface area contributed by atoms with E-state index in [0.29, 0.717) is 0 Å². The molecule has 1 rings (SSSR count). The second-order valence-corrected chi connectivity index (χ2v) is 3.31. The number of rotatable bonds is 1. The molecule has 0 saturated carbocycles. The normalized spacial score (nSPS) is 10.4. The third kappa shape index (κ3) is 3.12. The van der Waals surface area contributed by atoms with E-state index >= 15 is 0 Å². The Hall–Kier alpha value is -0.0700. The van der Waals surface area contributed by atoms with Crippen molar-refractivity contribution in [2.45, 2.75) is 4.90 Å². The number of benzene rings is 1. The monoisotopic (exact) mass is 195 g/mol. The van der Waals surface area contributed by atoms with E-state index in [1.54, 1.807) is 0 Å². The Labute approximate surface area is 92.3 Å². The predicted octanol–water partition coefficient (Wildman–Crippen LogP) is -3.33. The van der Waals surface area contributed by atoms with Crippen molar-refractivity contribution in [1.29, 1.82) is 0 Å². The van der Waals surface area contributed by atoms with E-state index < -0.39 is 20.8 Å². The first-order valence-corrected chi connectivity index (χ1v) is 4.14. The smallest absolute Gasteiger partial charge is 0.872 e. The molecule has 0 atom stereocenters. The zero-order chi connectivity index (χ0) is 8.48. The molecule has 6 heteroatoms. The molecule has 0 aliphatic heterocycles. The van der Waals surface area contributed by atoms with Crippen LogP contribution in [0, 0.1) is 0 Å². The summed E-state index contributed by atoms with van der Waals surface area (Å²) in [4.78, 5) is -0.481. The van der Waals surface area contributed by atoms with Gasteiger partial charge in [-0.15, -0.1) is 5.75 Å². The van der Waals surface area contributed by atoms with Crippen molar-refractivity contribution in [3.63, 3.8) is 0 Å². The van der Waals surface area contributed by atoms with Crippen molar-refractivity contribution in [3.8, 4) is 5.75 Å². The average Bonchev–Trinajstić information content (AvgIpc) is 1.86. The Bertz CT molecular complexity index is 360. The molecule has 0 saturated heterocycles. The summed E-state index contributed by atoms with van der Waals surface area (Å²) in [6.07, 6.45) is 0. The quantitative estimate of drug-likeness (QED) is 0.346. The third-order valence-corrected chi connectivity index (χ3v) is 1.93. The van der Waals surface area contributed by atoms with Gasteiger partial charge in [-0.05, 0) is 6.07 Å². The molecule has 12 heavy (non-hydrogen) atoms. The van der Waals surface area contributed by atoms with Crippen LogP contribution in [0.2, 0.25) is 0 Å².